The van der Waals surface area contributed by atoms with Crippen LogP contribution in [0.2, 0.25) is 0 Å². The van der Waals surface area contributed by atoms with E-state index >= 15 is 0 Å². The van der Waals surface area contributed by atoms with Crippen LogP contribution in [0.15, 0.2) is 29.4 Å². The van der Waals surface area contributed by atoms with Crippen molar-refractivity contribution in [3.05, 3.63) is 29.8 Å². The lowest BCUT2D eigenvalue weighted by Gasteiger charge is -2.30. The highest BCUT2D eigenvalue weighted by Crippen LogP contribution is 2.18. The fourth-order valence-electron chi connectivity index (χ4n) is 2.29. The van der Waals surface area contributed by atoms with Crippen LogP contribution in [0.5, 0.6) is 5.75 Å². The molecule has 0 atom stereocenters. The van der Waals surface area contributed by atoms with Crippen LogP contribution in [0.3, 0.4) is 0 Å². The van der Waals surface area contributed by atoms with Crippen LogP contribution in [0, 0.1) is 5.92 Å². The molecule has 1 fully saturated rings. The summed E-state index contributed by atoms with van der Waals surface area (Å²) in [6.07, 6.45) is 3.66. The van der Waals surface area contributed by atoms with Crippen molar-refractivity contribution in [1.29, 1.82) is 0 Å². The lowest BCUT2D eigenvalue weighted by atomic mass is 9.99. The normalized spacial score (nSPS) is 16.6. The third-order valence-electron chi connectivity index (χ3n) is 3.62. The van der Waals surface area contributed by atoms with Gasteiger partial charge in [-0.15, -0.1) is 0 Å². The number of nitrogens with zero attached hydrogens (tertiary/aromatic N) is 2. The van der Waals surface area contributed by atoms with Gasteiger partial charge in [0.05, 0.1) is 6.21 Å². The van der Waals surface area contributed by atoms with E-state index < -0.39 is 0 Å². The molecule has 1 aliphatic rings. The van der Waals surface area contributed by atoms with Gasteiger partial charge in [-0.3, -0.25) is 4.79 Å². The van der Waals surface area contributed by atoms with E-state index in [9.17, 15) is 4.79 Å². The molecular weight excluding hydrogens is 254 g/mol. The number of rotatable bonds is 4. The zero-order valence-corrected chi connectivity index (χ0v) is 11.8. The Kier molecular flexibility index (Phi) is 4.98. The Balaban J connectivity index is 1.90. The highest BCUT2D eigenvalue weighted by atomic mass is 16.5. The zero-order valence-electron chi connectivity index (χ0n) is 11.8. The van der Waals surface area contributed by atoms with Crippen LogP contribution in [0.1, 0.15) is 25.3 Å². The van der Waals surface area contributed by atoms with Gasteiger partial charge in [-0.05, 0) is 30.9 Å². The lowest BCUT2D eigenvalue weighted by Crippen LogP contribution is -2.40. The molecule has 0 aromatic heterocycles. The van der Waals surface area contributed by atoms with Crippen molar-refractivity contribution in [2.45, 2.75) is 19.8 Å². The summed E-state index contributed by atoms with van der Waals surface area (Å²) in [6.45, 7) is 3.94. The molecule has 5 heteroatoms. The number of para-hydroxylation sites is 1. The molecule has 0 spiro atoms. The van der Waals surface area contributed by atoms with Gasteiger partial charge in [-0.1, -0.05) is 19.1 Å². The second-order valence-corrected chi connectivity index (χ2v) is 5.17. The Hall–Kier alpha value is -2.04. The van der Waals surface area contributed by atoms with Gasteiger partial charge in [0.25, 0.3) is 5.91 Å². The summed E-state index contributed by atoms with van der Waals surface area (Å²) < 4.78 is 5.59. The van der Waals surface area contributed by atoms with Crippen LogP contribution in [-0.2, 0) is 4.79 Å². The molecule has 1 heterocycles. The Bertz CT molecular complexity index is 480. The number of piperidine rings is 1. The predicted molar refractivity (Wildman–Crippen MR) is 78.7 cm³/mol. The predicted octanol–water partition coefficient (Wildman–Crippen LogP) is 1.62. The van der Waals surface area contributed by atoms with Crippen LogP contribution < -0.4 is 10.6 Å². The maximum absolute atomic E-state index is 12.1. The maximum Gasteiger partial charge on any atom is 0.260 e. The molecule has 1 aromatic rings. The number of carbonyl (C=O) groups excluding carboxylic acids is 1. The van der Waals surface area contributed by atoms with Crippen molar-refractivity contribution in [1.82, 2.24) is 4.90 Å². The lowest BCUT2D eigenvalue weighted by molar-refractivity contribution is -0.134. The number of likely N-dealkylation sites (tertiary alicyclic amines) is 1. The second-order valence-electron chi connectivity index (χ2n) is 5.17. The molecule has 1 aromatic carbocycles. The molecule has 0 aliphatic carbocycles. The zero-order chi connectivity index (χ0) is 14.4. The van der Waals surface area contributed by atoms with E-state index in [1.807, 2.05) is 29.2 Å². The number of hydrogen-bond acceptors (Lipinski definition) is 4. The number of ether oxygens (including phenoxy) is 1. The quantitative estimate of drug-likeness (QED) is 0.516. The average molecular weight is 275 g/mol. The molecular formula is C15H21N3O2. The van der Waals surface area contributed by atoms with E-state index in [-0.39, 0.29) is 12.5 Å². The first-order chi connectivity index (χ1) is 9.70. The molecule has 0 bridgehead atoms. The molecule has 2 N–H and O–H groups in total. The summed E-state index contributed by atoms with van der Waals surface area (Å²) in [5.74, 6) is 6.53. The van der Waals surface area contributed by atoms with Gasteiger partial charge in [0.15, 0.2) is 6.61 Å². The number of amides is 1. The van der Waals surface area contributed by atoms with Gasteiger partial charge < -0.3 is 15.5 Å². The molecule has 20 heavy (non-hydrogen) atoms. The van der Waals surface area contributed by atoms with Gasteiger partial charge in [0.2, 0.25) is 0 Å². The summed E-state index contributed by atoms with van der Waals surface area (Å²) in [4.78, 5) is 14.0. The first-order valence-electron chi connectivity index (χ1n) is 6.93. The van der Waals surface area contributed by atoms with Crippen LogP contribution in [-0.4, -0.2) is 36.7 Å². The second kappa shape index (κ2) is 6.93. The number of carbonyl (C=O) groups is 1. The molecule has 2 rings (SSSR count). The van der Waals surface area contributed by atoms with Crippen molar-refractivity contribution >= 4 is 12.1 Å². The van der Waals surface area contributed by atoms with Gasteiger partial charge >= 0.3 is 0 Å². The molecule has 1 saturated heterocycles. The van der Waals surface area contributed by atoms with E-state index in [1.54, 1.807) is 0 Å². The number of hydrazone groups is 1. The highest BCUT2D eigenvalue weighted by Gasteiger charge is 2.20. The molecule has 1 amide bonds. The van der Waals surface area contributed by atoms with Crippen molar-refractivity contribution in [3.63, 3.8) is 0 Å². The molecule has 0 unspecified atom stereocenters. The topological polar surface area (TPSA) is 67.9 Å². The van der Waals surface area contributed by atoms with Gasteiger partial charge in [-0.2, -0.15) is 5.10 Å². The minimum absolute atomic E-state index is 0.0383. The monoisotopic (exact) mass is 275 g/mol. The summed E-state index contributed by atoms with van der Waals surface area (Å²) >= 11 is 0. The number of benzene rings is 1. The summed E-state index contributed by atoms with van der Waals surface area (Å²) in [7, 11) is 0. The molecule has 0 radical (unpaired) electrons. The van der Waals surface area contributed by atoms with Crippen molar-refractivity contribution in [2.75, 3.05) is 19.7 Å². The fourth-order valence-corrected chi connectivity index (χ4v) is 2.29. The first-order valence-corrected chi connectivity index (χ1v) is 6.93. The van der Waals surface area contributed by atoms with Gasteiger partial charge in [0, 0.05) is 18.7 Å². The van der Waals surface area contributed by atoms with Crippen LogP contribution in [0.25, 0.3) is 0 Å². The highest BCUT2D eigenvalue weighted by molar-refractivity contribution is 5.83. The van der Waals surface area contributed by atoms with Crippen LogP contribution in [0.4, 0.5) is 0 Å². The Labute approximate surface area is 119 Å². The third kappa shape index (κ3) is 3.73. The van der Waals surface area contributed by atoms with Crippen LogP contribution >= 0.6 is 0 Å². The Morgan fingerprint density at radius 1 is 1.45 bits per heavy atom. The molecule has 5 nitrogen and oxygen atoms in total. The number of nitrogens with two attached hydrogens (primary N) is 1. The van der Waals surface area contributed by atoms with Crippen molar-refractivity contribution < 1.29 is 9.53 Å². The molecule has 108 valence electrons. The van der Waals surface area contributed by atoms with Crippen molar-refractivity contribution in [3.8, 4) is 5.75 Å². The van der Waals surface area contributed by atoms with Crippen molar-refractivity contribution in [2.24, 2.45) is 16.9 Å². The standard InChI is InChI=1S/C15H21N3O2/c1-12-6-8-18(9-7-12)15(19)11-20-14-5-3-2-4-13(14)10-17-16/h2-5,10,12H,6-9,11,16H2,1H3. The summed E-state index contributed by atoms with van der Waals surface area (Å²) in [5.41, 5.74) is 0.773. The third-order valence-corrected chi connectivity index (χ3v) is 3.62. The smallest absolute Gasteiger partial charge is 0.260 e. The van der Waals surface area contributed by atoms with E-state index in [4.69, 9.17) is 10.6 Å². The average Bonchev–Trinajstić information content (AvgIpc) is 2.47. The molecule has 0 saturated carbocycles. The summed E-state index contributed by atoms with van der Waals surface area (Å²) in [6, 6.07) is 7.38. The van der Waals surface area contributed by atoms with E-state index in [0.29, 0.717) is 11.7 Å². The minimum atomic E-state index is 0.0383. The first kappa shape index (κ1) is 14.4. The SMILES string of the molecule is CC1CCN(C(=O)COc2ccccc2C=NN)CC1. The molecule has 1 aliphatic heterocycles. The maximum atomic E-state index is 12.1. The van der Waals surface area contributed by atoms with Gasteiger partial charge in [-0.25, -0.2) is 0 Å². The van der Waals surface area contributed by atoms with E-state index in [0.717, 1.165) is 31.5 Å². The summed E-state index contributed by atoms with van der Waals surface area (Å²) in [5, 5.41) is 3.49. The fraction of sp³-hybridized carbons (Fsp3) is 0.467. The van der Waals surface area contributed by atoms with E-state index in [2.05, 4.69) is 12.0 Å². The van der Waals surface area contributed by atoms with Gasteiger partial charge in [0.1, 0.15) is 5.75 Å². The minimum Gasteiger partial charge on any atom is -0.483 e. The largest absolute Gasteiger partial charge is 0.483 e. The Morgan fingerprint density at radius 3 is 2.85 bits per heavy atom. The number of hydrogen-bond donors (Lipinski definition) is 1. The van der Waals surface area contributed by atoms with E-state index in [1.165, 1.54) is 6.21 Å². The Morgan fingerprint density at radius 2 is 2.15 bits per heavy atom.